The minimum absolute atomic E-state index is 0.0344. The number of aromatic nitrogens is 1. The molecule has 9 heteroatoms. The summed E-state index contributed by atoms with van der Waals surface area (Å²) in [6.45, 7) is 4.54. The average Bonchev–Trinajstić information content (AvgIpc) is 3.30. The van der Waals surface area contributed by atoms with E-state index in [9.17, 15) is 14.7 Å². The third kappa shape index (κ3) is 3.88. The number of fused-ring (bicyclic) bond motifs is 5. The van der Waals surface area contributed by atoms with Gasteiger partial charge in [-0.2, -0.15) is 0 Å². The number of nitrogens with zero attached hydrogens (tertiary/aromatic N) is 2. The van der Waals surface area contributed by atoms with E-state index in [0.717, 1.165) is 68.4 Å². The fraction of sp³-hybridized carbons (Fsp3) is 0.267. The molecular formula is C30H26FN3O5. The Hall–Kier alpha value is -4.21. The molecule has 7 rings (SSSR count). The summed E-state index contributed by atoms with van der Waals surface area (Å²) in [5.41, 5.74) is 4.36. The van der Waals surface area contributed by atoms with Gasteiger partial charge in [0, 0.05) is 25.8 Å². The number of aromatic carboxylic acids is 1. The smallest absolute Gasteiger partial charge is 0.341 e. The molecule has 2 aliphatic heterocycles. The summed E-state index contributed by atoms with van der Waals surface area (Å²) in [5, 5.41) is 12.9. The highest BCUT2D eigenvalue weighted by Gasteiger charge is 2.30. The van der Waals surface area contributed by atoms with Crippen molar-refractivity contribution in [1.29, 1.82) is 0 Å². The first-order chi connectivity index (χ1) is 19.0. The zero-order chi connectivity index (χ0) is 26.7. The molecule has 0 spiro atoms. The monoisotopic (exact) mass is 527 g/mol. The van der Waals surface area contributed by atoms with E-state index in [2.05, 4.69) is 22.3 Å². The molecule has 0 radical (unpaired) electrons. The maximum Gasteiger partial charge on any atom is 0.341 e. The van der Waals surface area contributed by atoms with E-state index in [1.807, 2.05) is 24.3 Å². The Morgan fingerprint density at radius 3 is 2.72 bits per heavy atom. The van der Waals surface area contributed by atoms with E-state index >= 15 is 4.39 Å². The lowest BCUT2D eigenvalue weighted by Crippen LogP contribution is -2.37. The molecule has 0 unspecified atom stereocenters. The number of halogens is 1. The van der Waals surface area contributed by atoms with Gasteiger partial charge in [0.05, 0.1) is 24.3 Å². The Labute approximate surface area is 223 Å². The lowest BCUT2D eigenvalue weighted by molar-refractivity contribution is 0.0378. The van der Waals surface area contributed by atoms with Crippen molar-refractivity contribution in [2.75, 3.05) is 44.7 Å². The molecule has 0 amide bonds. The van der Waals surface area contributed by atoms with Crippen LogP contribution < -0.4 is 15.5 Å². The van der Waals surface area contributed by atoms with Crippen LogP contribution in [-0.4, -0.2) is 59.9 Å². The Morgan fingerprint density at radius 2 is 1.90 bits per heavy atom. The largest absolute Gasteiger partial charge is 0.477 e. The number of rotatable bonds is 6. The van der Waals surface area contributed by atoms with Crippen LogP contribution in [0.2, 0.25) is 0 Å². The second-order valence-electron chi connectivity index (χ2n) is 10.2. The number of morpholine rings is 1. The van der Waals surface area contributed by atoms with Crippen molar-refractivity contribution in [3.63, 3.8) is 0 Å². The van der Waals surface area contributed by atoms with Crippen molar-refractivity contribution in [2.24, 2.45) is 0 Å². The highest BCUT2D eigenvalue weighted by molar-refractivity contribution is 5.99. The van der Waals surface area contributed by atoms with Crippen LogP contribution in [-0.2, 0) is 11.2 Å². The lowest BCUT2D eigenvalue weighted by Gasteiger charge is -2.28. The Balaban J connectivity index is 1.34. The molecule has 2 N–H and O–H groups in total. The molecule has 1 saturated heterocycles. The normalized spacial score (nSPS) is 15.4. The maximum atomic E-state index is 15.5. The summed E-state index contributed by atoms with van der Waals surface area (Å²) in [5.74, 6) is -1.35. The van der Waals surface area contributed by atoms with Gasteiger partial charge in [-0.15, -0.1) is 0 Å². The summed E-state index contributed by atoms with van der Waals surface area (Å²) in [4.78, 5) is 27.4. The van der Waals surface area contributed by atoms with Gasteiger partial charge in [0.15, 0.2) is 17.3 Å². The van der Waals surface area contributed by atoms with Gasteiger partial charge >= 0.3 is 5.97 Å². The van der Waals surface area contributed by atoms with Crippen LogP contribution in [0.25, 0.3) is 27.7 Å². The molecule has 8 nitrogen and oxygen atoms in total. The van der Waals surface area contributed by atoms with Crippen molar-refractivity contribution in [1.82, 2.24) is 9.47 Å². The second-order valence-corrected chi connectivity index (χ2v) is 10.2. The molecule has 3 aromatic carbocycles. The SMILES string of the molecule is O=C(O)c1cn2c3c(c(NCCCN4CCOCC4)c(F)cc3c1=O)Oc1cc3c(cc1-2)-c1ccccc1C3. The van der Waals surface area contributed by atoms with E-state index < -0.39 is 22.8 Å². The molecule has 1 aromatic heterocycles. The molecule has 0 bridgehead atoms. The molecule has 198 valence electrons. The number of pyridine rings is 1. The first kappa shape index (κ1) is 23.9. The van der Waals surface area contributed by atoms with E-state index in [0.29, 0.717) is 23.5 Å². The van der Waals surface area contributed by atoms with Crippen LogP contribution in [0.5, 0.6) is 11.5 Å². The number of nitrogens with one attached hydrogen (secondary N) is 1. The van der Waals surface area contributed by atoms with Crippen molar-refractivity contribution >= 4 is 22.6 Å². The molecular weight excluding hydrogens is 501 g/mol. The number of anilines is 1. The highest BCUT2D eigenvalue weighted by Crippen LogP contribution is 2.48. The average molecular weight is 528 g/mol. The third-order valence-electron chi connectivity index (χ3n) is 7.83. The van der Waals surface area contributed by atoms with Crippen LogP contribution in [0.3, 0.4) is 0 Å². The van der Waals surface area contributed by atoms with Crippen molar-refractivity contribution in [3.05, 3.63) is 81.4 Å². The zero-order valence-electron chi connectivity index (χ0n) is 21.1. The Bertz CT molecular complexity index is 1720. The van der Waals surface area contributed by atoms with Gasteiger partial charge in [0.1, 0.15) is 16.8 Å². The van der Waals surface area contributed by atoms with Gasteiger partial charge in [-0.1, -0.05) is 24.3 Å². The minimum atomic E-state index is -1.36. The van der Waals surface area contributed by atoms with E-state index in [1.54, 1.807) is 4.57 Å². The maximum absolute atomic E-state index is 15.5. The van der Waals surface area contributed by atoms with Crippen molar-refractivity contribution in [2.45, 2.75) is 12.8 Å². The number of benzene rings is 3. The first-order valence-electron chi connectivity index (χ1n) is 13.1. The van der Waals surface area contributed by atoms with Crippen LogP contribution in [0.1, 0.15) is 27.9 Å². The molecule has 3 aliphatic rings. The number of ether oxygens (including phenoxy) is 2. The molecule has 1 fully saturated rings. The predicted molar refractivity (Wildman–Crippen MR) is 145 cm³/mol. The number of carboxylic acids is 1. The molecule has 39 heavy (non-hydrogen) atoms. The van der Waals surface area contributed by atoms with Crippen molar-refractivity contribution < 1.29 is 23.8 Å². The zero-order valence-corrected chi connectivity index (χ0v) is 21.1. The van der Waals surface area contributed by atoms with E-state index in [4.69, 9.17) is 9.47 Å². The minimum Gasteiger partial charge on any atom is -0.477 e. The van der Waals surface area contributed by atoms with Gasteiger partial charge in [0.25, 0.3) is 0 Å². The number of carboxylic acid groups (broad SMARTS) is 1. The van der Waals surface area contributed by atoms with E-state index in [-0.39, 0.29) is 16.8 Å². The number of carbonyl (C=O) groups is 1. The third-order valence-corrected chi connectivity index (χ3v) is 7.83. The second kappa shape index (κ2) is 9.21. The summed E-state index contributed by atoms with van der Waals surface area (Å²) in [6, 6.07) is 13.1. The Morgan fingerprint density at radius 1 is 1.08 bits per heavy atom. The quantitative estimate of drug-likeness (QED) is 0.305. The van der Waals surface area contributed by atoms with Crippen molar-refractivity contribution in [3.8, 4) is 28.3 Å². The molecule has 1 aliphatic carbocycles. The molecule has 3 heterocycles. The van der Waals surface area contributed by atoms with Gasteiger partial charge in [-0.25, -0.2) is 9.18 Å². The first-order valence-corrected chi connectivity index (χ1v) is 13.1. The van der Waals surface area contributed by atoms with Crippen LogP contribution in [0, 0.1) is 5.82 Å². The summed E-state index contributed by atoms with van der Waals surface area (Å²) < 4.78 is 28.9. The fourth-order valence-corrected chi connectivity index (χ4v) is 5.90. The number of hydrogen-bond acceptors (Lipinski definition) is 6. The van der Waals surface area contributed by atoms with Gasteiger partial charge in [-0.3, -0.25) is 9.69 Å². The van der Waals surface area contributed by atoms with Crippen LogP contribution in [0.15, 0.2) is 53.5 Å². The standard InChI is InChI=1S/C30H26FN3O5/c31-23-14-21-27-29(26(23)32-6-3-7-33-8-10-38-11-9-33)39-25-13-18-12-17-4-1-2-5-19(17)20(18)15-24(25)34(27)16-22(28(21)35)30(36)37/h1-2,4-5,13-16,32H,3,6-12H2,(H,36,37). The van der Waals surface area contributed by atoms with E-state index in [1.165, 1.54) is 11.8 Å². The predicted octanol–water partition coefficient (Wildman–Crippen LogP) is 4.64. The lowest BCUT2D eigenvalue weighted by atomic mass is 10.0. The Kier molecular flexibility index (Phi) is 5.64. The van der Waals surface area contributed by atoms with Crippen LogP contribution >= 0.6 is 0 Å². The fourth-order valence-electron chi connectivity index (χ4n) is 5.90. The number of hydrogen-bond donors (Lipinski definition) is 2. The van der Waals surface area contributed by atoms with Gasteiger partial charge in [-0.05, 0) is 59.8 Å². The van der Waals surface area contributed by atoms with Gasteiger partial charge in [0.2, 0.25) is 5.43 Å². The van der Waals surface area contributed by atoms with Crippen LogP contribution in [0.4, 0.5) is 10.1 Å². The molecule has 0 saturated carbocycles. The topological polar surface area (TPSA) is 93.0 Å². The molecule has 0 atom stereocenters. The summed E-state index contributed by atoms with van der Waals surface area (Å²) in [7, 11) is 0. The van der Waals surface area contributed by atoms with Gasteiger partial charge < -0.3 is 24.5 Å². The summed E-state index contributed by atoms with van der Waals surface area (Å²) in [6.07, 6.45) is 2.85. The molecule has 4 aromatic rings. The highest BCUT2D eigenvalue weighted by atomic mass is 19.1. The summed E-state index contributed by atoms with van der Waals surface area (Å²) >= 11 is 0.